The van der Waals surface area contributed by atoms with Crippen LogP contribution < -0.4 is 5.32 Å². The predicted octanol–water partition coefficient (Wildman–Crippen LogP) is 0.260. The van der Waals surface area contributed by atoms with E-state index in [1.807, 2.05) is 13.8 Å². The highest BCUT2D eigenvalue weighted by atomic mass is 16.4. The number of nitrogens with zero attached hydrogens (tertiary/aromatic N) is 1. The summed E-state index contributed by atoms with van der Waals surface area (Å²) in [6.07, 6.45) is -0.202. The highest BCUT2D eigenvalue weighted by Gasteiger charge is 2.33. The molecule has 1 aliphatic rings. The molecule has 4 unspecified atom stereocenters. The van der Waals surface area contributed by atoms with E-state index in [9.17, 15) is 14.7 Å². The fourth-order valence-corrected chi connectivity index (χ4v) is 2.19. The molecular weight excluding hydrogens is 224 g/mol. The van der Waals surface area contributed by atoms with Crippen molar-refractivity contribution in [2.75, 3.05) is 6.54 Å². The largest absolute Gasteiger partial charge is 0.480 e. The van der Waals surface area contributed by atoms with E-state index in [1.165, 1.54) is 6.92 Å². The number of carboxylic acid groups (broad SMARTS) is 1. The summed E-state index contributed by atoms with van der Waals surface area (Å²) in [6, 6.07) is -1.57. The van der Waals surface area contributed by atoms with Crippen molar-refractivity contribution in [1.82, 2.24) is 10.2 Å². The van der Waals surface area contributed by atoms with Gasteiger partial charge in [-0.2, -0.15) is 0 Å². The minimum absolute atomic E-state index is 0.105. The summed E-state index contributed by atoms with van der Waals surface area (Å²) < 4.78 is 0. The number of aliphatic carboxylic acids is 1. The number of likely N-dealkylation sites (tertiary alicyclic amines) is 1. The van der Waals surface area contributed by atoms with Crippen LogP contribution in [0.15, 0.2) is 0 Å². The Bertz CT molecular complexity index is 306. The lowest BCUT2D eigenvalue weighted by molar-refractivity contribution is -0.141. The molecule has 17 heavy (non-hydrogen) atoms. The van der Waals surface area contributed by atoms with E-state index in [4.69, 9.17) is 5.11 Å². The maximum absolute atomic E-state index is 11.9. The Morgan fingerprint density at radius 3 is 2.35 bits per heavy atom. The monoisotopic (exact) mass is 244 g/mol. The molecule has 0 aromatic heterocycles. The van der Waals surface area contributed by atoms with Crippen LogP contribution in [0.3, 0.4) is 0 Å². The van der Waals surface area contributed by atoms with E-state index in [2.05, 4.69) is 5.32 Å². The molecule has 1 fully saturated rings. The number of carboxylic acids is 1. The van der Waals surface area contributed by atoms with Crippen LogP contribution >= 0.6 is 0 Å². The molecule has 1 heterocycles. The van der Waals surface area contributed by atoms with Crippen LogP contribution in [0.5, 0.6) is 0 Å². The summed E-state index contributed by atoms with van der Waals surface area (Å²) in [5.41, 5.74) is 0. The summed E-state index contributed by atoms with van der Waals surface area (Å²) >= 11 is 0. The molecule has 0 saturated carbocycles. The predicted molar refractivity (Wildman–Crippen MR) is 61.6 cm³/mol. The molecule has 1 saturated heterocycles. The molecule has 98 valence electrons. The summed E-state index contributed by atoms with van der Waals surface area (Å²) in [6.45, 7) is 5.95. The van der Waals surface area contributed by atoms with Gasteiger partial charge in [-0.05, 0) is 26.2 Å². The van der Waals surface area contributed by atoms with Crippen molar-refractivity contribution >= 4 is 12.0 Å². The molecule has 0 radical (unpaired) electrons. The SMILES string of the molecule is CC1CC(C)N(C(=O)NC(C(=O)O)C(C)O)C1. The molecule has 0 aliphatic carbocycles. The number of rotatable bonds is 3. The van der Waals surface area contributed by atoms with Gasteiger partial charge in [0.1, 0.15) is 0 Å². The topological polar surface area (TPSA) is 89.9 Å². The van der Waals surface area contributed by atoms with Crippen molar-refractivity contribution < 1.29 is 19.8 Å². The number of urea groups is 1. The molecule has 2 amide bonds. The minimum atomic E-state index is -1.26. The molecule has 0 aromatic carbocycles. The van der Waals surface area contributed by atoms with Gasteiger partial charge in [-0.1, -0.05) is 6.92 Å². The summed E-state index contributed by atoms with van der Waals surface area (Å²) in [5.74, 6) is -0.807. The van der Waals surface area contributed by atoms with Crippen molar-refractivity contribution in [2.45, 2.75) is 45.4 Å². The molecule has 1 aliphatic heterocycles. The van der Waals surface area contributed by atoms with Gasteiger partial charge in [0.05, 0.1) is 6.10 Å². The van der Waals surface area contributed by atoms with E-state index in [0.717, 1.165) is 6.42 Å². The van der Waals surface area contributed by atoms with Crippen LogP contribution in [0.4, 0.5) is 4.79 Å². The fourth-order valence-electron chi connectivity index (χ4n) is 2.19. The maximum atomic E-state index is 11.9. The normalized spacial score (nSPS) is 27.6. The Labute approximate surface area is 101 Å². The number of hydrogen-bond acceptors (Lipinski definition) is 3. The number of hydrogen-bond donors (Lipinski definition) is 3. The molecule has 6 nitrogen and oxygen atoms in total. The zero-order valence-corrected chi connectivity index (χ0v) is 10.4. The van der Waals surface area contributed by atoms with Crippen LogP contribution in [0.1, 0.15) is 27.2 Å². The van der Waals surface area contributed by atoms with E-state index >= 15 is 0 Å². The van der Waals surface area contributed by atoms with Crippen LogP contribution in [0.25, 0.3) is 0 Å². The summed E-state index contributed by atoms with van der Waals surface area (Å²) in [4.78, 5) is 24.3. The number of carbonyl (C=O) groups is 2. The first-order valence-corrected chi connectivity index (χ1v) is 5.81. The van der Waals surface area contributed by atoms with E-state index < -0.39 is 24.1 Å². The molecule has 6 heteroatoms. The van der Waals surface area contributed by atoms with Gasteiger partial charge in [0.2, 0.25) is 0 Å². The fraction of sp³-hybridized carbons (Fsp3) is 0.818. The number of nitrogens with one attached hydrogen (secondary N) is 1. The van der Waals surface area contributed by atoms with Crippen LogP contribution in [0, 0.1) is 5.92 Å². The molecule has 0 spiro atoms. The Morgan fingerprint density at radius 1 is 1.41 bits per heavy atom. The zero-order valence-electron chi connectivity index (χ0n) is 10.4. The quantitative estimate of drug-likeness (QED) is 0.664. The first-order valence-electron chi connectivity index (χ1n) is 5.81. The lowest BCUT2D eigenvalue weighted by Crippen LogP contribution is -2.53. The molecule has 0 aromatic rings. The highest BCUT2D eigenvalue weighted by molar-refractivity contribution is 5.83. The zero-order chi connectivity index (χ0) is 13.2. The smallest absolute Gasteiger partial charge is 0.328 e. The van der Waals surface area contributed by atoms with E-state index in [-0.39, 0.29) is 6.04 Å². The van der Waals surface area contributed by atoms with Crippen molar-refractivity contribution in [1.29, 1.82) is 0 Å². The Balaban J connectivity index is 2.62. The van der Waals surface area contributed by atoms with E-state index in [1.54, 1.807) is 4.90 Å². The Hall–Kier alpha value is -1.30. The highest BCUT2D eigenvalue weighted by Crippen LogP contribution is 2.22. The van der Waals surface area contributed by atoms with Gasteiger partial charge in [0, 0.05) is 12.6 Å². The minimum Gasteiger partial charge on any atom is -0.480 e. The van der Waals surface area contributed by atoms with Crippen molar-refractivity contribution in [3.63, 3.8) is 0 Å². The van der Waals surface area contributed by atoms with Crippen LogP contribution in [-0.2, 0) is 4.79 Å². The number of aliphatic hydroxyl groups excluding tert-OH is 1. The molecule has 4 atom stereocenters. The van der Waals surface area contributed by atoms with Gasteiger partial charge >= 0.3 is 12.0 Å². The average Bonchev–Trinajstić information content (AvgIpc) is 2.53. The van der Waals surface area contributed by atoms with Gasteiger partial charge in [-0.15, -0.1) is 0 Å². The lowest BCUT2D eigenvalue weighted by atomic mass is 10.1. The Morgan fingerprint density at radius 2 is 2.00 bits per heavy atom. The molecule has 0 bridgehead atoms. The molecule has 3 N–H and O–H groups in total. The van der Waals surface area contributed by atoms with Crippen molar-refractivity contribution in [3.05, 3.63) is 0 Å². The van der Waals surface area contributed by atoms with Gasteiger partial charge in [-0.3, -0.25) is 0 Å². The standard InChI is InChI=1S/C11H20N2O4/c1-6-4-7(2)13(5-6)11(17)12-9(8(3)14)10(15)16/h6-9,14H,4-5H2,1-3H3,(H,12,17)(H,15,16). The Kier molecular flexibility index (Phi) is 4.34. The van der Waals surface area contributed by atoms with Crippen LogP contribution in [0.2, 0.25) is 0 Å². The number of amides is 2. The third-order valence-electron chi connectivity index (χ3n) is 3.07. The van der Waals surface area contributed by atoms with Crippen molar-refractivity contribution in [3.8, 4) is 0 Å². The summed E-state index contributed by atoms with van der Waals surface area (Å²) in [7, 11) is 0. The van der Waals surface area contributed by atoms with Crippen molar-refractivity contribution in [2.24, 2.45) is 5.92 Å². The third kappa shape index (κ3) is 3.33. The number of carbonyl (C=O) groups excluding carboxylic acids is 1. The lowest BCUT2D eigenvalue weighted by Gasteiger charge is -2.25. The second-order valence-corrected chi connectivity index (χ2v) is 4.85. The van der Waals surface area contributed by atoms with Gasteiger partial charge in [0.25, 0.3) is 0 Å². The molecular formula is C11H20N2O4. The van der Waals surface area contributed by atoms with Gasteiger partial charge < -0.3 is 20.4 Å². The first-order chi connectivity index (χ1) is 7.82. The van der Waals surface area contributed by atoms with Gasteiger partial charge in [-0.25, -0.2) is 9.59 Å². The van der Waals surface area contributed by atoms with Crippen LogP contribution in [-0.4, -0.2) is 51.8 Å². The third-order valence-corrected chi connectivity index (χ3v) is 3.07. The van der Waals surface area contributed by atoms with E-state index in [0.29, 0.717) is 12.5 Å². The summed E-state index contributed by atoms with van der Waals surface area (Å²) in [5, 5.41) is 20.5. The first kappa shape index (κ1) is 13.8. The number of aliphatic hydroxyl groups is 1. The molecule has 1 rings (SSSR count). The van der Waals surface area contributed by atoms with Gasteiger partial charge in [0.15, 0.2) is 6.04 Å². The second kappa shape index (κ2) is 5.35. The average molecular weight is 244 g/mol. The second-order valence-electron chi connectivity index (χ2n) is 4.85. The maximum Gasteiger partial charge on any atom is 0.328 e.